The third kappa shape index (κ3) is 4.12. The van der Waals surface area contributed by atoms with Gasteiger partial charge in [0.2, 0.25) is 6.79 Å². The van der Waals surface area contributed by atoms with Crippen molar-refractivity contribution in [3.05, 3.63) is 83.2 Å². The van der Waals surface area contributed by atoms with Crippen molar-refractivity contribution >= 4 is 11.7 Å². The van der Waals surface area contributed by atoms with Crippen LogP contribution in [0, 0.1) is 5.82 Å². The van der Waals surface area contributed by atoms with Gasteiger partial charge in [0.1, 0.15) is 11.6 Å². The number of anilines is 1. The summed E-state index contributed by atoms with van der Waals surface area (Å²) in [5.74, 6) is 0.536. The van der Waals surface area contributed by atoms with Gasteiger partial charge in [0.25, 0.3) is 0 Å². The topological polar surface area (TPSA) is 71.5 Å². The number of hydrogen-bond acceptors (Lipinski definition) is 7. The van der Waals surface area contributed by atoms with Gasteiger partial charge in [-0.25, -0.2) is 9.18 Å². The number of methoxy groups -OCH3 is 1. The molecule has 0 radical (unpaired) electrons. The van der Waals surface area contributed by atoms with Gasteiger partial charge in [-0.05, 0) is 35.9 Å². The molecule has 0 aromatic heterocycles. The van der Waals surface area contributed by atoms with Gasteiger partial charge in [-0.2, -0.15) is 0 Å². The Hall–Kier alpha value is -3.78. The second kappa shape index (κ2) is 9.23. The molecular formula is C26H25FN2O5. The molecule has 2 heterocycles. The Morgan fingerprint density at radius 3 is 2.35 bits per heavy atom. The minimum absolute atomic E-state index is 0.0998. The molecule has 176 valence electrons. The van der Waals surface area contributed by atoms with Crippen LogP contribution in [0.5, 0.6) is 17.2 Å². The molecule has 0 saturated carbocycles. The largest absolute Gasteiger partial charge is 0.507 e. The maximum atomic E-state index is 14.3. The molecule has 0 bridgehead atoms. The first kappa shape index (κ1) is 22.0. The van der Waals surface area contributed by atoms with Crippen molar-refractivity contribution in [1.82, 2.24) is 4.90 Å². The van der Waals surface area contributed by atoms with Crippen LogP contribution in [0.3, 0.4) is 0 Å². The number of carbonyl (C=O) groups excluding carboxylic acids is 1. The summed E-state index contributed by atoms with van der Waals surface area (Å²) in [5.41, 5.74) is 2.62. The summed E-state index contributed by atoms with van der Waals surface area (Å²) >= 11 is 0. The van der Waals surface area contributed by atoms with E-state index in [9.17, 15) is 14.3 Å². The van der Waals surface area contributed by atoms with E-state index in [1.807, 2.05) is 23.1 Å². The van der Waals surface area contributed by atoms with E-state index in [2.05, 4.69) is 4.90 Å². The van der Waals surface area contributed by atoms with Crippen molar-refractivity contribution in [1.29, 1.82) is 0 Å². The molecule has 0 amide bonds. The van der Waals surface area contributed by atoms with E-state index in [1.165, 1.54) is 13.2 Å². The first-order chi connectivity index (χ1) is 16.5. The lowest BCUT2D eigenvalue weighted by atomic mass is 9.94. The summed E-state index contributed by atoms with van der Waals surface area (Å²) in [5, 5.41) is 10.9. The highest BCUT2D eigenvalue weighted by Gasteiger charge is 2.31. The molecule has 3 aromatic rings. The van der Waals surface area contributed by atoms with Gasteiger partial charge in [-0.3, -0.25) is 4.90 Å². The molecule has 1 saturated heterocycles. The maximum absolute atomic E-state index is 14.3. The predicted molar refractivity (Wildman–Crippen MR) is 124 cm³/mol. The summed E-state index contributed by atoms with van der Waals surface area (Å²) in [7, 11) is 1.35. The number of benzene rings is 3. The molecule has 3 aromatic carbocycles. The van der Waals surface area contributed by atoms with Crippen LogP contribution in [0.15, 0.2) is 60.7 Å². The smallest absolute Gasteiger partial charge is 0.337 e. The summed E-state index contributed by atoms with van der Waals surface area (Å²) in [6, 6.07) is 17.0. The number of esters is 1. The van der Waals surface area contributed by atoms with E-state index >= 15 is 0 Å². The number of phenols is 1. The monoisotopic (exact) mass is 464 g/mol. The van der Waals surface area contributed by atoms with Crippen molar-refractivity contribution in [2.75, 3.05) is 45.0 Å². The van der Waals surface area contributed by atoms with Crippen LogP contribution in [0.4, 0.5) is 10.1 Å². The molecule has 0 aliphatic carbocycles. The number of para-hydroxylation sites is 1. The molecule has 0 unspecified atom stereocenters. The van der Waals surface area contributed by atoms with Gasteiger partial charge >= 0.3 is 5.97 Å². The van der Waals surface area contributed by atoms with E-state index in [4.69, 9.17) is 14.2 Å². The van der Waals surface area contributed by atoms with E-state index in [-0.39, 0.29) is 24.4 Å². The van der Waals surface area contributed by atoms with E-state index in [0.717, 1.165) is 5.56 Å². The van der Waals surface area contributed by atoms with Crippen LogP contribution in [0.2, 0.25) is 0 Å². The number of ether oxygens (including phenoxy) is 3. The number of nitrogens with zero attached hydrogens (tertiary/aromatic N) is 2. The van der Waals surface area contributed by atoms with Gasteiger partial charge in [-0.15, -0.1) is 0 Å². The molecule has 0 spiro atoms. The Morgan fingerprint density at radius 2 is 1.68 bits per heavy atom. The summed E-state index contributed by atoms with van der Waals surface area (Å²) in [6.45, 7) is 2.65. The van der Waals surface area contributed by atoms with Crippen LogP contribution in [-0.2, 0) is 4.74 Å². The highest BCUT2D eigenvalue weighted by atomic mass is 19.1. The second-order valence-corrected chi connectivity index (χ2v) is 8.25. The van der Waals surface area contributed by atoms with Crippen LogP contribution in [0.25, 0.3) is 0 Å². The molecule has 7 nitrogen and oxygen atoms in total. The average Bonchev–Trinajstić information content (AvgIpc) is 3.32. The average molecular weight is 464 g/mol. The zero-order valence-electron chi connectivity index (χ0n) is 18.7. The van der Waals surface area contributed by atoms with Gasteiger partial charge in [0, 0.05) is 37.8 Å². The molecule has 2 aliphatic rings. The minimum atomic E-state index is -0.410. The zero-order chi connectivity index (χ0) is 23.7. The first-order valence-electron chi connectivity index (χ1n) is 11.1. The Kier molecular flexibility index (Phi) is 5.98. The first-order valence-corrected chi connectivity index (χ1v) is 11.1. The highest BCUT2D eigenvalue weighted by molar-refractivity contribution is 5.89. The molecule has 5 rings (SSSR count). The van der Waals surface area contributed by atoms with Crippen molar-refractivity contribution in [3.63, 3.8) is 0 Å². The highest BCUT2D eigenvalue weighted by Crippen LogP contribution is 2.43. The van der Waals surface area contributed by atoms with E-state index in [0.29, 0.717) is 54.5 Å². The number of fused-ring (bicyclic) bond motifs is 1. The number of aromatic hydroxyl groups is 1. The third-order valence-corrected chi connectivity index (χ3v) is 6.34. The van der Waals surface area contributed by atoms with Crippen molar-refractivity contribution in [2.24, 2.45) is 0 Å². The fourth-order valence-electron chi connectivity index (χ4n) is 4.60. The number of piperazine rings is 1. The fraction of sp³-hybridized carbons (Fsp3) is 0.269. The minimum Gasteiger partial charge on any atom is -0.507 e. The van der Waals surface area contributed by atoms with Crippen LogP contribution in [-0.4, -0.2) is 56.1 Å². The van der Waals surface area contributed by atoms with Crippen LogP contribution >= 0.6 is 0 Å². The van der Waals surface area contributed by atoms with Crippen molar-refractivity contribution in [2.45, 2.75) is 6.04 Å². The van der Waals surface area contributed by atoms with Gasteiger partial charge in [-0.1, -0.05) is 24.3 Å². The number of halogens is 1. The summed E-state index contributed by atoms with van der Waals surface area (Å²) in [4.78, 5) is 16.2. The predicted octanol–water partition coefficient (Wildman–Crippen LogP) is 3.96. The lowest BCUT2D eigenvalue weighted by Gasteiger charge is -2.40. The van der Waals surface area contributed by atoms with E-state index in [1.54, 1.807) is 36.4 Å². The molecule has 1 N–H and O–H groups in total. The fourth-order valence-corrected chi connectivity index (χ4v) is 4.60. The second-order valence-electron chi connectivity index (χ2n) is 8.25. The molecule has 8 heteroatoms. The number of phenolic OH excluding ortho intramolecular Hbond substituents is 1. The van der Waals surface area contributed by atoms with Crippen LogP contribution < -0.4 is 14.4 Å². The Balaban J connectivity index is 1.47. The Morgan fingerprint density at radius 1 is 1.00 bits per heavy atom. The quantitative estimate of drug-likeness (QED) is 0.573. The van der Waals surface area contributed by atoms with Gasteiger partial charge < -0.3 is 24.2 Å². The molecular weight excluding hydrogens is 439 g/mol. The van der Waals surface area contributed by atoms with Gasteiger partial charge in [0.15, 0.2) is 11.5 Å². The number of hydrogen-bond donors (Lipinski definition) is 1. The van der Waals surface area contributed by atoms with E-state index < -0.39 is 5.97 Å². The van der Waals surface area contributed by atoms with Crippen molar-refractivity contribution in [3.8, 4) is 17.2 Å². The maximum Gasteiger partial charge on any atom is 0.337 e. The number of carbonyl (C=O) groups is 1. The SMILES string of the molecule is COC(=O)c1ccc([C@H](c2cc3c(cc2O)OCO3)N2CCN(c3ccccc3F)CC2)cc1. The Labute approximate surface area is 196 Å². The van der Waals surface area contributed by atoms with Crippen LogP contribution in [0.1, 0.15) is 27.5 Å². The molecule has 1 fully saturated rings. The summed E-state index contributed by atoms with van der Waals surface area (Å²) in [6.07, 6.45) is 0. The molecule has 2 aliphatic heterocycles. The molecule has 34 heavy (non-hydrogen) atoms. The molecule has 1 atom stereocenters. The third-order valence-electron chi connectivity index (χ3n) is 6.34. The standard InChI is InChI=1S/C26H25FN2O5/c1-32-26(31)18-8-6-17(7-9-18)25(19-14-23-24(15-22(19)30)34-16-33-23)29-12-10-28(11-13-29)21-5-3-2-4-20(21)27/h2-9,14-15,25,30H,10-13,16H2,1H3/t25-/m1/s1. The normalized spacial score (nSPS) is 16.4. The zero-order valence-corrected chi connectivity index (χ0v) is 18.7. The van der Waals surface area contributed by atoms with Gasteiger partial charge in [0.05, 0.1) is 24.4 Å². The Bertz CT molecular complexity index is 1190. The number of rotatable bonds is 5. The van der Waals surface area contributed by atoms with Crippen molar-refractivity contribution < 1.29 is 28.5 Å². The summed E-state index contributed by atoms with van der Waals surface area (Å²) < 4.78 is 30.1. The lowest BCUT2D eigenvalue weighted by Crippen LogP contribution is -2.48. The lowest BCUT2D eigenvalue weighted by molar-refractivity contribution is 0.0600.